The zero-order valence-corrected chi connectivity index (χ0v) is 17.6. The topological polar surface area (TPSA) is 115 Å². The summed E-state index contributed by atoms with van der Waals surface area (Å²) in [6.45, 7) is 1.79. The van der Waals surface area contributed by atoms with Gasteiger partial charge in [0, 0.05) is 6.07 Å². The number of aromatic hydroxyl groups is 1. The Morgan fingerprint density at radius 3 is 2.23 bits per heavy atom. The van der Waals surface area contributed by atoms with Crippen LogP contribution in [-0.4, -0.2) is 41.7 Å². The Bertz CT molecular complexity index is 1230. The zero-order chi connectivity index (χ0) is 22.5. The number of nitrogens with zero attached hydrogens (tertiary/aromatic N) is 2. The normalized spacial score (nSPS) is 11.3. The van der Waals surface area contributed by atoms with Crippen molar-refractivity contribution in [3.63, 3.8) is 0 Å². The van der Waals surface area contributed by atoms with Gasteiger partial charge in [-0.3, -0.25) is 9.78 Å². The van der Waals surface area contributed by atoms with Gasteiger partial charge in [0.1, 0.15) is 28.5 Å². The van der Waals surface area contributed by atoms with Gasteiger partial charge in [0.2, 0.25) is 5.88 Å². The maximum Gasteiger partial charge on any atom is 0.335 e. The number of nitrogens with one attached hydrogen (secondary N) is 1. The minimum atomic E-state index is -0.770. The highest BCUT2D eigenvalue weighted by Crippen LogP contribution is 2.32. The van der Waals surface area contributed by atoms with E-state index < -0.39 is 17.1 Å². The summed E-state index contributed by atoms with van der Waals surface area (Å²) in [5.74, 6) is 1.10. The van der Waals surface area contributed by atoms with Crippen LogP contribution in [0.1, 0.15) is 18.9 Å². The molecule has 3 aromatic rings. The van der Waals surface area contributed by atoms with Crippen molar-refractivity contribution in [2.24, 2.45) is 4.99 Å². The van der Waals surface area contributed by atoms with Crippen molar-refractivity contribution in [3.05, 3.63) is 68.9 Å². The molecule has 1 aromatic heterocycles. The van der Waals surface area contributed by atoms with E-state index in [2.05, 4.69) is 9.98 Å². The molecule has 0 aliphatic heterocycles. The largest absolute Gasteiger partial charge is 0.497 e. The second-order valence-electron chi connectivity index (χ2n) is 6.44. The Labute approximate surface area is 178 Å². The third kappa shape index (κ3) is 4.30. The van der Waals surface area contributed by atoms with Crippen molar-refractivity contribution in [1.82, 2.24) is 9.55 Å². The highest BCUT2D eigenvalue weighted by molar-refractivity contribution is 6.03. The molecule has 9 nitrogen and oxygen atoms in total. The molecule has 0 aliphatic carbocycles. The van der Waals surface area contributed by atoms with E-state index in [4.69, 9.17) is 14.2 Å². The number of aliphatic imine (C=N–C) groups is 1. The van der Waals surface area contributed by atoms with Crippen molar-refractivity contribution >= 4 is 11.4 Å². The van der Waals surface area contributed by atoms with E-state index in [1.54, 1.807) is 49.4 Å². The quantitative estimate of drug-likeness (QED) is 0.563. The van der Waals surface area contributed by atoms with E-state index in [0.29, 0.717) is 35.0 Å². The van der Waals surface area contributed by atoms with E-state index in [-0.39, 0.29) is 11.3 Å². The predicted molar refractivity (Wildman–Crippen MR) is 117 cm³/mol. The maximum absolute atomic E-state index is 12.6. The van der Waals surface area contributed by atoms with Gasteiger partial charge in [0.15, 0.2) is 0 Å². The van der Waals surface area contributed by atoms with Crippen molar-refractivity contribution in [1.29, 1.82) is 0 Å². The molecule has 1 heterocycles. The molecular formula is C22H23N3O6. The molecule has 0 radical (unpaired) electrons. The highest BCUT2D eigenvalue weighted by Gasteiger charge is 2.20. The number of rotatable bonds is 7. The molecule has 31 heavy (non-hydrogen) atoms. The van der Waals surface area contributed by atoms with Gasteiger partial charge >= 0.3 is 5.69 Å². The molecule has 0 unspecified atom stereocenters. The first-order valence-electron chi connectivity index (χ1n) is 9.46. The van der Waals surface area contributed by atoms with Gasteiger partial charge in [-0.1, -0.05) is 6.92 Å². The highest BCUT2D eigenvalue weighted by atomic mass is 16.5. The number of hydrogen-bond acceptors (Lipinski definition) is 7. The van der Waals surface area contributed by atoms with E-state index in [1.165, 1.54) is 21.3 Å². The first-order chi connectivity index (χ1) is 14.9. The van der Waals surface area contributed by atoms with Crippen LogP contribution in [0.3, 0.4) is 0 Å². The molecule has 0 saturated carbocycles. The van der Waals surface area contributed by atoms with Crippen LogP contribution in [0.5, 0.6) is 23.1 Å². The fraction of sp³-hybridized carbons (Fsp3) is 0.227. The van der Waals surface area contributed by atoms with Crippen molar-refractivity contribution < 1.29 is 19.3 Å². The lowest BCUT2D eigenvalue weighted by Gasteiger charge is -2.13. The average molecular weight is 425 g/mol. The van der Waals surface area contributed by atoms with Crippen LogP contribution in [0.15, 0.2) is 57.0 Å². The minimum Gasteiger partial charge on any atom is -0.497 e. The summed E-state index contributed by atoms with van der Waals surface area (Å²) in [5, 5.41) is 10.9. The monoisotopic (exact) mass is 425 g/mol. The summed E-state index contributed by atoms with van der Waals surface area (Å²) >= 11 is 0. The minimum absolute atomic E-state index is 0.101. The Morgan fingerprint density at radius 2 is 1.65 bits per heavy atom. The number of hydrogen-bond donors (Lipinski definition) is 2. The van der Waals surface area contributed by atoms with Crippen molar-refractivity contribution in [2.75, 3.05) is 21.3 Å². The number of benzene rings is 2. The Hall–Kier alpha value is -4.01. The van der Waals surface area contributed by atoms with Gasteiger partial charge in [-0.25, -0.2) is 14.4 Å². The van der Waals surface area contributed by atoms with Crippen LogP contribution in [0.4, 0.5) is 5.69 Å². The van der Waals surface area contributed by atoms with Gasteiger partial charge in [-0.05, 0) is 42.8 Å². The van der Waals surface area contributed by atoms with Crippen molar-refractivity contribution in [3.8, 4) is 28.8 Å². The summed E-state index contributed by atoms with van der Waals surface area (Å²) in [6, 6.07) is 11.5. The molecule has 2 N–H and O–H groups in total. The van der Waals surface area contributed by atoms with Gasteiger partial charge in [0.25, 0.3) is 5.56 Å². The number of methoxy groups -OCH3 is 3. The van der Waals surface area contributed by atoms with Crippen LogP contribution in [0, 0.1) is 0 Å². The first-order valence-corrected chi connectivity index (χ1v) is 9.46. The third-order valence-corrected chi connectivity index (χ3v) is 4.68. The lowest BCUT2D eigenvalue weighted by molar-refractivity contribution is 0.395. The van der Waals surface area contributed by atoms with E-state index in [1.807, 2.05) is 0 Å². The maximum atomic E-state index is 12.6. The molecule has 3 rings (SSSR count). The first kappa shape index (κ1) is 21.7. The average Bonchev–Trinajstić information content (AvgIpc) is 2.78. The lowest BCUT2D eigenvalue weighted by Crippen LogP contribution is -2.33. The zero-order valence-electron chi connectivity index (χ0n) is 17.6. The Morgan fingerprint density at radius 1 is 1.00 bits per heavy atom. The molecule has 0 saturated heterocycles. The summed E-state index contributed by atoms with van der Waals surface area (Å²) in [7, 11) is 4.55. The Balaban J connectivity index is 2.20. The molecular weight excluding hydrogens is 402 g/mol. The molecule has 0 atom stereocenters. The third-order valence-electron chi connectivity index (χ3n) is 4.68. The number of ether oxygens (including phenoxy) is 3. The predicted octanol–water partition coefficient (Wildman–Crippen LogP) is 2.79. The molecule has 2 aromatic carbocycles. The number of aromatic nitrogens is 2. The van der Waals surface area contributed by atoms with Crippen molar-refractivity contribution in [2.45, 2.75) is 13.3 Å². The van der Waals surface area contributed by atoms with Gasteiger partial charge in [-0.15, -0.1) is 0 Å². The molecule has 0 amide bonds. The summed E-state index contributed by atoms with van der Waals surface area (Å²) in [5.41, 5.74) is -0.520. The molecule has 9 heteroatoms. The SMILES string of the molecule is CCC(=Nc1ccc(OC)cc1OC)c1c(O)n(-c2ccc(OC)cc2)c(=O)[nH]c1=O. The number of aromatic amines is 1. The summed E-state index contributed by atoms with van der Waals surface area (Å²) < 4.78 is 16.7. The molecule has 0 spiro atoms. The fourth-order valence-electron chi connectivity index (χ4n) is 3.09. The van der Waals surface area contributed by atoms with E-state index in [9.17, 15) is 14.7 Å². The second kappa shape index (κ2) is 9.21. The Kier molecular flexibility index (Phi) is 6.44. The smallest absolute Gasteiger partial charge is 0.335 e. The van der Waals surface area contributed by atoms with Crippen LogP contribution < -0.4 is 25.5 Å². The van der Waals surface area contributed by atoms with Crippen LogP contribution in [0.25, 0.3) is 5.69 Å². The van der Waals surface area contributed by atoms with Gasteiger partial charge in [-0.2, -0.15) is 0 Å². The summed E-state index contributed by atoms with van der Waals surface area (Å²) in [6.07, 6.45) is 0.312. The molecule has 162 valence electrons. The van der Waals surface area contributed by atoms with E-state index >= 15 is 0 Å². The summed E-state index contributed by atoms with van der Waals surface area (Å²) in [4.78, 5) is 31.8. The fourth-order valence-corrected chi connectivity index (χ4v) is 3.09. The van der Waals surface area contributed by atoms with Crippen LogP contribution >= 0.6 is 0 Å². The second-order valence-corrected chi connectivity index (χ2v) is 6.44. The van der Waals surface area contributed by atoms with Gasteiger partial charge < -0.3 is 19.3 Å². The van der Waals surface area contributed by atoms with E-state index in [0.717, 1.165) is 4.57 Å². The van der Waals surface area contributed by atoms with Gasteiger partial charge in [0.05, 0.1) is 32.7 Å². The molecule has 0 fully saturated rings. The van der Waals surface area contributed by atoms with Crippen LogP contribution in [-0.2, 0) is 0 Å². The molecule has 0 bridgehead atoms. The standard InChI is InChI=1S/C22H23N3O6/c1-5-16(23-17-11-10-15(30-3)12-18(17)31-4)19-20(26)24-22(28)25(21(19)27)13-6-8-14(29-2)9-7-13/h6-12,27H,5H2,1-4H3,(H,24,26,28). The molecule has 0 aliphatic rings. The lowest BCUT2D eigenvalue weighted by atomic mass is 10.1. The number of H-pyrrole nitrogens is 1. The van der Waals surface area contributed by atoms with Crippen LogP contribution in [0.2, 0.25) is 0 Å².